The molecule has 1 saturated heterocycles. The van der Waals surface area contributed by atoms with Crippen molar-refractivity contribution in [1.29, 1.82) is 0 Å². The molecule has 0 bridgehead atoms. The minimum Gasteiger partial charge on any atom is -0.322 e. The zero-order chi connectivity index (χ0) is 18.5. The predicted molar refractivity (Wildman–Crippen MR) is 103 cm³/mol. The zero-order valence-electron chi connectivity index (χ0n) is 14.7. The van der Waals surface area contributed by atoms with Crippen molar-refractivity contribution in [3.8, 4) is 0 Å². The molecule has 2 atom stereocenters. The van der Waals surface area contributed by atoms with Gasteiger partial charge in [-0.15, -0.1) is 0 Å². The molecule has 1 fully saturated rings. The van der Waals surface area contributed by atoms with E-state index in [1.165, 1.54) is 12.1 Å². The number of halogens is 2. The van der Waals surface area contributed by atoms with Crippen LogP contribution in [0.2, 0.25) is 5.02 Å². The number of rotatable bonds is 4. The van der Waals surface area contributed by atoms with Crippen molar-refractivity contribution >= 4 is 23.3 Å². The molecule has 1 heterocycles. The van der Waals surface area contributed by atoms with E-state index in [0.717, 1.165) is 37.1 Å². The number of carbonyl (C=O) groups excluding carboxylic acids is 1. The number of benzene rings is 2. The smallest absolute Gasteiger partial charge is 0.322 e. The molecule has 3 rings (SSSR count). The summed E-state index contributed by atoms with van der Waals surface area (Å²) in [5.74, 6) is 0.279. The van der Waals surface area contributed by atoms with E-state index >= 15 is 0 Å². The first-order valence-electron chi connectivity index (χ1n) is 8.79. The van der Waals surface area contributed by atoms with Crippen molar-refractivity contribution in [2.75, 3.05) is 18.5 Å². The number of carbonyl (C=O) groups is 1. The van der Waals surface area contributed by atoms with Gasteiger partial charge in [0.2, 0.25) is 0 Å². The summed E-state index contributed by atoms with van der Waals surface area (Å²) in [5.41, 5.74) is 1.89. The van der Waals surface area contributed by atoms with Crippen molar-refractivity contribution < 1.29 is 9.18 Å². The monoisotopic (exact) mass is 375 g/mol. The molecule has 0 aromatic heterocycles. The quantitative estimate of drug-likeness (QED) is 0.841. The third kappa shape index (κ3) is 4.96. The number of piperidine rings is 1. The molecular formula is C20H23ClFN3O. The normalized spacial score (nSPS) is 19.8. The second-order valence-electron chi connectivity index (χ2n) is 6.72. The van der Waals surface area contributed by atoms with Gasteiger partial charge in [-0.05, 0) is 61.1 Å². The van der Waals surface area contributed by atoms with Gasteiger partial charge in [-0.1, -0.05) is 29.8 Å². The van der Waals surface area contributed by atoms with Crippen LogP contribution >= 0.6 is 11.6 Å². The van der Waals surface area contributed by atoms with Crippen LogP contribution in [0.3, 0.4) is 0 Å². The van der Waals surface area contributed by atoms with Gasteiger partial charge < -0.3 is 5.32 Å². The van der Waals surface area contributed by atoms with Gasteiger partial charge in [0, 0.05) is 24.3 Å². The van der Waals surface area contributed by atoms with Crippen LogP contribution in [0.4, 0.5) is 14.9 Å². The largest absolute Gasteiger partial charge is 0.322 e. The maximum atomic E-state index is 13.0. The zero-order valence-corrected chi connectivity index (χ0v) is 15.5. The fourth-order valence-corrected chi connectivity index (χ4v) is 3.40. The summed E-state index contributed by atoms with van der Waals surface area (Å²) >= 11 is 5.99. The summed E-state index contributed by atoms with van der Waals surface area (Å²) < 4.78 is 13.0. The van der Waals surface area contributed by atoms with Gasteiger partial charge in [0.05, 0.1) is 6.17 Å². The second-order valence-corrected chi connectivity index (χ2v) is 7.16. The summed E-state index contributed by atoms with van der Waals surface area (Å²) in [6, 6.07) is 13.7. The minimum absolute atomic E-state index is 0.0476. The Morgan fingerprint density at radius 1 is 1.27 bits per heavy atom. The number of nitrogens with zero attached hydrogens (tertiary/aromatic N) is 1. The highest BCUT2D eigenvalue weighted by molar-refractivity contribution is 6.30. The van der Waals surface area contributed by atoms with Gasteiger partial charge in [-0.2, -0.15) is 0 Å². The number of amides is 2. The van der Waals surface area contributed by atoms with Crippen LogP contribution in [0.5, 0.6) is 0 Å². The summed E-state index contributed by atoms with van der Waals surface area (Å²) in [6.07, 6.45) is 2.74. The fraction of sp³-hybridized carbons (Fsp3) is 0.350. The van der Waals surface area contributed by atoms with Gasteiger partial charge in [-0.25, -0.2) is 9.18 Å². The summed E-state index contributed by atoms with van der Waals surface area (Å²) in [5, 5.41) is 7.00. The topological polar surface area (TPSA) is 44.4 Å². The Balaban J connectivity index is 1.47. The molecule has 2 aromatic rings. The van der Waals surface area contributed by atoms with Gasteiger partial charge in [-0.3, -0.25) is 10.2 Å². The molecule has 0 spiro atoms. The van der Waals surface area contributed by atoms with E-state index in [4.69, 9.17) is 11.6 Å². The van der Waals surface area contributed by atoms with E-state index in [0.29, 0.717) is 10.9 Å². The van der Waals surface area contributed by atoms with E-state index in [2.05, 4.69) is 10.6 Å². The van der Waals surface area contributed by atoms with Gasteiger partial charge in [0.1, 0.15) is 5.82 Å². The molecule has 6 heteroatoms. The molecule has 138 valence electrons. The molecule has 4 nitrogen and oxygen atoms in total. The van der Waals surface area contributed by atoms with Crippen molar-refractivity contribution in [3.05, 3.63) is 64.9 Å². The first-order valence-corrected chi connectivity index (χ1v) is 9.16. The van der Waals surface area contributed by atoms with Crippen LogP contribution < -0.4 is 15.5 Å². The fourth-order valence-electron chi connectivity index (χ4n) is 3.21. The third-order valence-electron chi connectivity index (χ3n) is 4.75. The average Bonchev–Trinajstić information content (AvgIpc) is 2.64. The van der Waals surface area contributed by atoms with Crippen LogP contribution in [0, 0.1) is 11.7 Å². The number of hydrogen-bond donors (Lipinski definition) is 2. The minimum atomic E-state index is -0.206. The molecule has 26 heavy (non-hydrogen) atoms. The predicted octanol–water partition coefficient (Wildman–Crippen LogP) is 4.19. The lowest BCUT2D eigenvalue weighted by Crippen LogP contribution is -2.53. The first-order chi connectivity index (χ1) is 12.5. The summed E-state index contributed by atoms with van der Waals surface area (Å²) in [7, 11) is 1.72. The number of nitrogens with one attached hydrogen (secondary N) is 2. The molecule has 0 radical (unpaired) electrons. The van der Waals surface area contributed by atoms with Crippen molar-refractivity contribution in [3.63, 3.8) is 0 Å². The molecule has 0 unspecified atom stereocenters. The number of anilines is 1. The molecule has 2 amide bonds. The Bertz CT molecular complexity index is 745. The third-order valence-corrected chi connectivity index (χ3v) is 4.99. The van der Waals surface area contributed by atoms with E-state index in [9.17, 15) is 9.18 Å². The lowest BCUT2D eigenvalue weighted by molar-refractivity contribution is 0.228. The van der Waals surface area contributed by atoms with Crippen LogP contribution in [0.15, 0.2) is 48.5 Å². The molecular weight excluding hydrogens is 353 g/mol. The highest BCUT2D eigenvalue weighted by Crippen LogP contribution is 2.20. The van der Waals surface area contributed by atoms with Crippen LogP contribution in [-0.4, -0.2) is 25.8 Å². The molecule has 0 saturated carbocycles. The standard InChI is InChI=1S/C20H23ClFN3O/c1-25(18-4-2-3-16(21)12-18)20(26)24-19-10-7-15(13-23-19)11-14-5-8-17(22)9-6-14/h2-6,8-9,12,15,19,23H,7,10-11,13H2,1H3,(H,24,26)/t15-,19+/m0/s1. The van der Waals surface area contributed by atoms with E-state index in [1.807, 2.05) is 24.3 Å². The maximum absolute atomic E-state index is 13.0. The highest BCUT2D eigenvalue weighted by Gasteiger charge is 2.23. The lowest BCUT2D eigenvalue weighted by atomic mass is 9.91. The van der Waals surface area contributed by atoms with Gasteiger partial charge in [0.15, 0.2) is 0 Å². The average molecular weight is 376 g/mol. The molecule has 1 aliphatic rings. The van der Waals surface area contributed by atoms with Crippen LogP contribution in [0.1, 0.15) is 18.4 Å². The Morgan fingerprint density at radius 3 is 2.69 bits per heavy atom. The van der Waals surface area contributed by atoms with Crippen molar-refractivity contribution in [2.24, 2.45) is 5.92 Å². The molecule has 0 aliphatic carbocycles. The molecule has 2 N–H and O–H groups in total. The Kier molecular flexibility index (Phi) is 6.12. The van der Waals surface area contributed by atoms with E-state index < -0.39 is 0 Å². The number of urea groups is 1. The van der Waals surface area contributed by atoms with Crippen molar-refractivity contribution in [1.82, 2.24) is 10.6 Å². The second kappa shape index (κ2) is 8.52. The molecule has 1 aliphatic heterocycles. The summed E-state index contributed by atoms with van der Waals surface area (Å²) in [4.78, 5) is 14.0. The molecule has 2 aromatic carbocycles. The SMILES string of the molecule is CN(C(=O)N[C@@H]1CC[C@@H](Cc2ccc(F)cc2)CN1)c1cccc(Cl)c1. The maximum Gasteiger partial charge on any atom is 0.322 e. The lowest BCUT2D eigenvalue weighted by Gasteiger charge is -2.31. The highest BCUT2D eigenvalue weighted by atomic mass is 35.5. The van der Waals surface area contributed by atoms with Crippen molar-refractivity contribution in [2.45, 2.75) is 25.4 Å². The Hall–Kier alpha value is -2.11. The van der Waals surface area contributed by atoms with E-state index in [-0.39, 0.29) is 18.0 Å². The van der Waals surface area contributed by atoms with E-state index in [1.54, 1.807) is 24.1 Å². The first kappa shape index (κ1) is 18.7. The van der Waals surface area contributed by atoms with Gasteiger partial charge in [0.25, 0.3) is 0 Å². The summed E-state index contributed by atoms with van der Waals surface area (Å²) in [6.45, 7) is 0.823. The Morgan fingerprint density at radius 2 is 2.04 bits per heavy atom. The van der Waals surface area contributed by atoms with Crippen LogP contribution in [0.25, 0.3) is 0 Å². The Labute approximate surface area is 158 Å². The number of hydrogen-bond acceptors (Lipinski definition) is 2. The van der Waals surface area contributed by atoms with Crippen LogP contribution in [-0.2, 0) is 6.42 Å². The van der Waals surface area contributed by atoms with Gasteiger partial charge >= 0.3 is 6.03 Å².